The summed E-state index contributed by atoms with van der Waals surface area (Å²) in [6.45, 7) is 2.06. The summed E-state index contributed by atoms with van der Waals surface area (Å²) >= 11 is 0. The van der Waals surface area contributed by atoms with Crippen LogP contribution in [-0.2, 0) is 10.2 Å². The largest absolute Gasteiger partial charge is 0.349 e. The third kappa shape index (κ3) is 2.78. The fourth-order valence-corrected chi connectivity index (χ4v) is 3.54. The summed E-state index contributed by atoms with van der Waals surface area (Å²) in [5.74, 6) is 0.174. The first kappa shape index (κ1) is 14.8. The van der Waals surface area contributed by atoms with Gasteiger partial charge < -0.3 is 5.32 Å². The molecule has 1 unspecified atom stereocenters. The number of hydrogen-bond donors (Lipinski definition) is 1. The normalized spacial score (nSPS) is 17.9. The van der Waals surface area contributed by atoms with Crippen molar-refractivity contribution in [2.24, 2.45) is 0 Å². The molecule has 0 spiro atoms. The van der Waals surface area contributed by atoms with Gasteiger partial charge in [0.1, 0.15) is 0 Å². The van der Waals surface area contributed by atoms with Crippen LogP contribution in [0.3, 0.4) is 0 Å². The lowest BCUT2D eigenvalue weighted by molar-refractivity contribution is -0.127. The van der Waals surface area contributed by atoms with E-state index >= 15 is 0 Å². The van der Waals surface area contributed by atoms with Crippen LogP contribution < -0.4 is 5.32 Å². The Hall–Kier alpha value is -2.09. The first-order valence-electron chi connectivity index (χ1n) is 8.14. The van der Waals surface area contributed by atoms with Gasteiger partial charge in [0.25, 0.3) is 0 Å². The molecule has 2 aromatic carbocycles. The molecule has 2 nitrogen and oxygen atoms in total. The molecule has 1 atom stereocenters. The number of nitrogens with one attached hydrogen (secondary N) is 1. The van der Waals surface area contributed by atoms with Gasteiger partial charge in [-0.1, -0.05) is 73.5 Å². The summed E-state index contributed by atoms with van der Waals surface area (Å²) in [6, 6.07) is 20.5. The van der Waals surface area contributed by atoms with Crippen LogP contribution in [0.5, 0.6) is 0 Å². The summed E-state index contributed by atoms with van der Waals surface area (Å²) in [5.41, 5.74) is 1.96. The van der Waals surface area contributed by atoms with Crippen LogP contribution in [0.15, 0.2) is 60.7 Å². The lowest BCUT2D eigenvalue weighted by atomic mass is 9.77. The Kier molecular flexibility index (Phi) is 4.28. The molecule has 2 heteroatoms. The van der Waals surface area contributed by atoms with Crippen molar-refractivity contribution in [3.63, 3.8) is 0 Å². The van der Waals surface area contributed by atoms with Crippen molar-refractivity contribution in [2.75, 3.05) is 0 Å². The van der Waals surface area contributed by atoms with Crippen LogP contribution in [0.1, 0.15) is 49.8 Å². The van der Waals surface area contributed by atoms with E-state index in [0.29, 0.717) is 0 Å². The van der Waals surface area contributed by atoms with Crippen molar-refractivity contribution in [1.29, 1.82) is 0 Å². The average Bonchev–Trinajstić information content (AvgIpc) is 3.07. The maximum atomic E-state index is 13.0. The zero-order valence-electron chi connectivity index (χ0n) is 13.1. The molecule has 2 aromatic rings. The molecule has 3 rings (SSSR count). The molecule has 0 radical (unpaired) electrons. The number of carbonyl (C=O) groups excluding carboxylic acids is 1. The van der Waals surface area contributed by atoms with E-state index in [0.717, 1.165) is 36.8 Å². The predicted molar refractivity (Wildman–Crippen MR) is 89.6 cm³/mol. The quantitative estimate of drug-likeness (QED) is 0.890. The Balaban J connectivity index is 1.82. The van der Waals surface area contributed by atoms with Gasteiger partial charge in [0.05, 0.1) is 11.5 Å². The van der Waals surface area contributed by atoms with Gasteiger partial charge in [-0.25, -0.2) is 0 Å². The topological polar surface area (TPSA) is 29.1 Å². The maximum Gasteiger partial charge on any atom is 0.231 e. The molecule has 22 heavy (non-hydrogen) atoms. The van der Waals surface area contributed by atoms with Crippen molar-refractivity contribution >= 4 is 5.91 Å². The van der Waals surface area contributed by atoms with Gasteiger partial charge in [0.2, 0.25) is 5.91 Å². The molecule has 0 aliphatic heterocycles. The molecule has 1 N–H and O–H groups in total. The van der Waals surface area contributed by atoms with Crippen LogP contribution in [0, 0.1) is 0 Å². The minimum Gasteiger partial charge on any atom is -0.349 e. The second-order valence-electron chi connectivity index (χ2n) is 6.26. The molecular weight excluding hydrogens is 270 g/mol. The fourth-order valence-electron chi connectivity index (χ4n) is 3.54. The Morgan fingerprint density at radius 3 is 2.09 bits per heavy atom. The van der Waals surface area contributed by atoms with Gasteiger partial charge >= 0.3 is 0 Å². The van der Waals surface area contributed by atoms with E-state index in [-0.39, 0.29) is 17.4 Å². The SMILES string of the molecule is CC(NC(=O)C1(c2ccccc2)CCCC1)c1ccccc1. The molecule has 0 aromatic heterocycles. The minimum atomic E-state index is -0.343. The Bertz CT molecular complexity index is 615. The first-order valence-corrected chi connectivity index (χ1v) is 8.14. The number of carbonyl (C=O) groups is 1. The first-order chi connectivity index (χ1) is 10.7. The van der Waals surface area contributed by atoms with E-state index in [9.17, 15) is 4.79 Å². The number of benzene rings is 2. The molecule has 114 valence electrons. The monoisotopic (exact) mass is 293 g/mol. The standard InChI is InChI=1S/C20H23NO/c1-16(17-10-4-2-5-11-17)21-19(22)20(14-8-9-15-20)18-12-6-3-7-13-18/h2-7,10-13,16H,8-9,14-15H2,1H3,(H,21,22). The summed E-state index contributed by atoms with van der Waals surface area (Å²) < 4.78 is 0. The molecular formula is C20H23NO. The van der Waals surface area contributed by atoms with Gasteiger partial charge in [-0.15, -0.1) is 0 Å². The summed E-state index contributed by atoms with van der Waals surface area (Å²) in [6.07, 6.45) is 4.15. The second kappa shape index (κ2) is 6.35. The second-order valence-corrected chi connectivity index (χ2v) is 6.26. The van der Waals surface area contributed by atoms with Crippen molar-refractivity contribution in [2.45, 2.75) is 44.1 Å². The van der Waals surface area contributed by atoms with Crippen LogP contribution in [-0.4, -0.2) is 5.91 Å². The molecule has 0 saturated heterocycles. The third-order valence-electron chi connectivity index (χ3n) is 4.87. The van der Waals surface area contributed by atoms with E-state index in [4.69, 9.17) is 0 Å². The molecule has 1 aliphatic rings. The van der Waals surface area contributed by atoms with Crippen LogP contribution in [0.25, 0.3) is 0 Å². The molecule has 1 amide bonds. The van der Waals surface area contributed by atoms with E-state index in [2.05, 4.69) is 36.5 Å². The van der Waals surface area contributed by atoms with Crippen LogP contribution in [0.2, 0.25) is 0 Å². The highest BCUT2D eigenvalue weighted by molar-refractivity contribution is 5.88. The highest BCUT2D eigenvalue weighted by Crippen LogP contribution is 2.41. The van der Waals surface area contributed by atoms with Gasteiger partial charge in [-0.2, -0.15) is 0 Å². The summed E-state index contributed by atoms with van der Waals surface area (Å²) in [4.78, 5) is 13.0. The van der Waals surface area contributed by atoms with Crippen molar-refractivity contribution < 1.29 is 4.79 Å². The smallest absolute Gasteiger partial charge is 0.231 e. The van der Waals surface area contributed by atoms with Gasteiger partial charge in [0, 0.05) is 0 Å². The Labute approximate surface area is 132 Å². The van der Waals surface area contributed by atoms with Crippen molar-refractivity contribution in [3.8, 4) is 0 Å². The minimum absolute atomic E-state index is 0.0369. The van der Waals surface area contributed by atoms with E-state index in [1.165, 1.54) is 0 Å². The molecule has 0 heterocycles. The number of hydrogen-bond acceptors (Lipinski definition) is 1. The van der Waals surface area contributed by atoms with Crippen molar-refractivity contribution in [1.82, 2.24) is 5.32 Å². The number of rotatable bonds is 4. The lowest BCUT2D eigenvalue weighted by Gasteiger charge is -2.30. The summed E-state index contributed by atoms with van der Waals surface area (Å²) in [5, 5.41) is 3.24. The average molecular weight is 293 g/mol. The van der Waals surface area contributed by atoms with Crippen LogP contribution in [0.4, 0.5) is 0 Å². The predicted octanol–water partition coefficient (Wildman–Crippen LogP) is 4.38. The Morgan fingerprint density at radius 2 is 1.50 bits per heavy atom. The zero-order valence-corrected chi connectivity index (χ0v) is 13.1. The maximum absolute atomic E-state index is 13.0. The highest BCUT2D eigenvalue weighted by Gasteiger charge is 2.42. The summed E-state index contributed by atoms with van der Waals surface area (Å²) in [7, 11) is 0. The molecule has 1 saturated carbocycles. The molecule has 1 fully saturated rings. The van der Waals surface area contributed by atoms with Gasteiger partial charge in [0.15, 0.2) is 0 Å². The molecule has 1 aliphatic carbocycles. The number of amides is 1. The van der Waals surface area contributed by atoms with E-state index in [1.807, 2.05) is 36.4 Å². The van der Waals surface area contributed by atoms with E-state index < -0.39 is 0 Å². The van der Waals surface area contributed by atoms with Gasteiger partial charge in [-0.3, -0.25) is 4.79 Å². The fraction of sp³-hybridized carbons (Fsp3) is 0.350. The lowest BCUT2D eigenvalue weighted by Crippen LogP contribution is -2.43. The Morgan fingerprint density at radius 1 is 0.955 bits per heavy atom. The molecule has 0 bridgehead atoms. The van der Waals surface area contributed by atoms with Crippen molar-refractivity contribution in [3.05, 3.63) is 71.8 Å². The third-order valence-corrected chi connectivity index (χ3v) is 4.87. The van der Waals surface area contributed by atoms with Crippen LogP contribution >= 0.6 is 0 Å². The van der Waals surface area contributed by atoms with E-state index in [1.54, 1.807) is 0 Å². The highest BCUT2D eigenvalue weighted by atomic mass is 16.2. The van der Waals surface area contributed by atoms with Gasteiger partial charge in [-0.05, 0) is 30.9 Å². The zero-order chi connectivity index (χ0) is 15.4.